The fourth-order valence-corrected chi connectivity index (χ4v) is 2.38. The Hall–Kier alpha value is -1.86. The summed E-state index contributed by atoms with van der Waals surface area (Å²) in [5, 5.41) is 11.9. The Balaban J connectivity index is 2.13. The van der Waals surface area contributed by atoms with Crippen LogP contribution in [0.3, 0.4) is 0 Å². The van der Waals surface area contributed by atoms with E-state index in [4.69, 9.17) is 14.6 Å². The van der Waals surface area contributed by atoms with Crippen LogP contribution in [0.5, 0.6) is 11.5 Å². The zero-order chi connectivity index (χ0) is 15.4. The van der Waals surface area contributed by atoms with Gasteiger partial charge in [-0.3, -0.25) is 9.69 Å². The number of aliphatic carboxylic acids is 1. The maximum Gasteiger partial charge on any atom is 0.322 e. The van der Waals surface area contributed by atoms with Crippen LogP contribution < -0.4 is 14.8 Å². The molecular formula is C14H19FN2O4. The topological polar surface area (TPSA) is 71.0 Å². The van der Waals surface area contributed by atoms with E-state index < -0.39 is 17.8 Å². The summed E-state index contributed by atoms with van der Waals surface area (Å²) < 4.78 is 24.3. The molecule has 0 unspecified atom stereocenters. The predicted molar refractivity (Wildman–Crippen MR) is 74.2 cm³/mol. The molecule has 0 radical (unpaired) electrons. The maximum atomic E-state index is 14.1. The standard InChI is InChI=1S/C14H19FN2O4/c1-20-12-5-9(10(15)6-13(12)21-2)7-17-4-3-16-11(8-17)14(18)19/h5-6,11,16H,3-4,7-8H2,1-2H3,(H,18,19)/t11-/m0/s1. The monoisotopic (exact) mass is 298 g/mol. The van der Waals surface area contributed by atoms with Crippen LogP contribution in [-0.4, -0.2) is 55.9 Å². The largest absolute Gasteiger partial charge is 0.493 e. The lowest BCUT2D eigenvalue weighted by Gasteiger charge is -2.31. The van der Waals surface area contributed by atoms with Crippen LogP contribution in [0.2, 0.25) is 0 Å². The summed E-state index contributed by atoms with van der Waals surface area (Å²) in [5.74, 6) is -0.494. The number of ether oxygens (including phenoxy) is 2. The SMILES string of the molecule is COc1cc(F)c(CN2CCN[C@H](C(=O)O)C2)cc1OC. The first-order chi connectivity index (χ1) is 10.0. The molecule has 7 heteroatoms. The van der Waals surface area contributed by atoms with Crippen molar-refractivity contribution in [2.45, 2.75) is 12.6 Å². The van der Waals surface area contributed by atoms with Gasteiger partial charge in [-0.25, -0.2) is 4.39 Å². The molecule has 1 fully saturated rings. The van der Waals surface area contributed by atoms with E-state index in [1.807, 2.05) is 4.90 Å². The quantitative estimate of drug-likeness (QED) is 0.834. The van der Waals surface area contributed by atoms with E-state index >= 15 is 0 Å². The lowest BCUT2D eigenvalue weighted by atomic mass is 10.1. The number of rotatable bonds is 5. The van der Waals surface area contributed by atoms with Gasteiger partial charge >= 0.3 is 5.97 Å². The lowest BCUT2D eigenvalue weighted by molar-refractivity contribution is -0.140. The van der Waals surface area contributed by atoms with Gasteiger partial charge in [0.05, 0.1) is 14.2 Å². The molecule has 1 atom stereocenters. The molecule has 2 rings (SSSR count). The second-order valence-corrected chi connectivity index (χ2v) is 4.88. The number of nitrogens with zero attached hydrogens (tertiary/aromatic N) is 1. The zero-order valence-corrected chi connectivity index (χ0v) is 12.1. The molecule has 1 aliphatic heterocycles. The van der Waals surface area contributed by atoms with Crippen molar-refractivity contribution in [2.75, 3.05) is 33.9 Å². The van der Waals surface area contributed by atoms with Crippen LogP contribution in [0.15, 0.2) is 12.1 Å². The van der Waals surface area contributed by atoms with Gasteiger partial charge in [0.15, 0.2) is 11.5 Å². The zero-order valence-electron chi connectivity index (χ0n) is 12.1. The predicted octanol–water partition coefficient (Wildman–Crippen LogP) is 0.701. The number of benzene rings is 1. The highest BCUT2D eigenvalue weighted by molar-refractivity contribution is 5.73. The van der Waals surface area contributed by atoms with Crippen LogP contribution in [0.1, 0.15) is 5.56 Å². The fraction of sp³-hybridized carbons (Fsp3) is 0.500. The van der Waals surface area contributed by atoms with Crippen molar-refractivity contribution in [3.63, 3.8) is 0 Å². The molecule has 0 bridgehead atoms. The number of hydrogen-bond acceptors (Lipinski definition) is 5. The molecule has 0 saturated carbocycles. The molecule has 0 aliphatic carbocycles. The van der Waals surface area contributed by atoms with Gasteiger partial charge in [-0.15, -0.1) is 0 Å². The van der Waals surface area contributed by atoms with Crippen LogP contribution in [0.25, 0.3) is 0 Å². The fourth-order valence-electron chi connectivity index (χ4n) is 2.38. The van der Waals surface area contributed by atoms with Crippen LogP contribution in [0, 0.1) is 5.82 Å². The third-order valence-electron chi connectivity index (χ3n) is 3.50. The minimum Gasteiger partial charge on any atom is -0.493 e. The molecule has 0 amide bonds. The first-order valence-electron chi connectivity index (χ1n) is 6.64. The van der Waals surface area contributed by atoms with Gasteiger partial charge in [0, 0.05) is 37.8 Å². The Labute approximate surface area is 122 Å². The Morgan fingerprint density at radius 1 is 1.43 bits per heavy atom. The summed E-state index contributed by atoms with van der Waals surface area (Å²) in [5.41, 5.74) is 0.457. The van der Waals surface area contributed by atoms with Gasteiger partial charge < -0.3 is 19.9 Å². The summed E-state index contributed by atoms with van der Waals surface area (Å²) in [7, 11) is 2.94. The maximum absolute atomic E-state index is 14.1. The number of halogens is 1. The Bertz CT molecular complexity index is 524. The molecule has 2 N–H and O–H groups in total. The van der Waals surface area contributed by atoms with Gasteiger partial charge in [0.1, 0.15) is 11.9 Å². The molecule has 1 aromatic carbocycles. The van der Waals surface area contributed by atoms with Crippen molar-refractivity contribution in [3.05, 3.63) is 23.5 Å². The second-order valence-electron chi connectivity index (χ2n) is 4.88. The van der Waals surface area contributed by atoms with Gasteiger partial charge in [-0.2, -0.15) is 0 Å². The number of nitrogens with one attached hydrogen (secondary N) is 1. The Morgan fingerprint density at radius 3 is 2.71 bits per heavy atom. The smallest absolute Gasteiger partial charge is 0.322 e. The molecule has 1 saturated heterocycles. The van der Waals surface area contributed by atoms with E-state index in [0.717, 1.165) is 0 Å². The van der Waals surface area contributed by atoms with Gasteiger partial charge in [-0.05, 0) is 6.07 Å². The van der Waals surface area contributed by atoms with Crippen molar-refractivity contribution in [1.29, 1.82) is 0 Å². The van der Waals surface area contributed by atoms with Crippen molar-refractivity contribution in [3.8, 4) is 11.5 Å². The first kappa shape index (κ1) is 15.5. The van der Waals surface area contributed by atoms with E-state index in [1.54, 1.807) is 6.07 Å². The molecule has 21 heavy (non-hydrogen) atoms. The molecule has 1 aromatic rings. The van der Waals surface area contributed by atoms with Crippen molar-refractivity contribution >= 4 is 5.97 Å². The normalized spacial score (nSPS) is 19.3. The highest BCUT2D eigenvalue weighted by atomic mass is 19.1. The summed E-state index contributed by atoms with van der Waals surface area (Å²) in [6.07, 6.45) is 0. The third-order valence-corrected chi connectivity index (χ3v) is 3.50. The third kappa shape index (κ3) is 3.62. The Morgan fingerprint density at radius 2 is 2.10 bits per heavy atom. The molecule has 0 spiro atoms. The number of carboxylic acids is 1. The summed E-state index contributed by atoms with van der Waals surface area (Å²) in [6, 6.07) is 2.25. The molecule has 1 heterocycles. The average molecular weight is 298 g/mol. The minimum atomic E-state index is -0.896. The number of piperazine rings is 1. The van der Waals surface area contributed by atoms with Crippen molar-refractivity contribution in [2.24, 2.45) is 0 Å². The number of carboxylic acid groups (broad SMARTS) is 1. The van der Waals surface area contributed by atoms with Crippen LogP contribution >= 0.6 is 0 Å². The molecule has 6 nitrogen and oxygen atoms in total. The molecule has 116 valence electrons. The summed E-state index contributed by atoms with van der Waals surface area (Å²) >= 11 is 0. The molecule has 1 aliphatic rings. The minimum absolute atomic E-state index is 0.331. The van der Waals surface area contributed by atoms with Crippen molar-refractivity contribution < 1.29 is 23.8 Å². The van der Waals surface area contributed by atoms with Crippen molar-refractivity contribution in [1.82, 2.24) is 10.2 Å². The van der Waals surface area contributed by atoms with E-state index in [9.17, 15) is 9.18 Å². The highest BCUT2D eigenvalue weighted by Gasteiger charge is 2.25. The highest BCUT2D eigenvalue weighted by Crippen LogP contribution is 2.30. The first-order valence-corrected chi connectivity index (χ1v) is 6.64. The van der Waals surface area contributed by atoms with Gasteiger partial charge in [-0.1, -0.05) is 0 Å². The van der Waals surface area contributed by atoms with E-state index in [0.29, 0.717) is 43.2 Å². The summed E-state index contributed by atoms with van der Waals surface area (Å²) in [6.45, 7) is 1.89. The summed E-state index contributed by atoms with van der Waals surface area (Å²) in [4.78, 5) is 12.9. The second kappa shape index (κ2) is 6.73. The van der Waals surface area contributed by atoms with Crippen LogP contribution in [-0.2, 0) is 11.3 Å². The van der Waals surface area contributed by atoms with Gasteiger partial charge in [0.2, 0.25) is 0 Å². The molecular weight excluding hydrogens is 279 g/mol. The number of hydrogen-bond donors (Lipinski definition) is 2. The van der Waals surface area contributed by atoms with E-state index in [-0.39, 0.29) is 0 Å². The van der Waals surface area contributed by atoms with Crippen LogP contribution in [0.4, 0.5) is 4.39 Å². The lowest BCUT2D eigenvalue weighted by Crippen LogP contribution is -2.53. The average Bonchev–Trinajstić information content (AvgIpc) is 2.49. The Kier molecular flexibility index (Phi) is 4.98. The molecule has 0 aromatic heterocycles. The van der Waals surface area contributed by atoms with E-state index in [2.05, 4.69) is 5.32 Å². The van der Waals surface area contributed by atoms with Gasteiger partial charge in [0.25, 0.3) is 0 Å². The van der Waals surface area contributed by atoms with E-state index in [1.165, 1.54) is 20.3 Å². The number of methoxy groups -OCH3 is 2. The number of carbonyl (C=O) groups is 1.